The van der Waals surface area contributed by atoms with Gasteiger partial charge in [0.05, 0.1) is 12.0 Å². The number of carbonyl (C=O) groups excluding carboxylic acids is 2. The van der Waals surface area contributed by atoms with Crippen LogP contribution in [0.3, 0.4) is 0 Å². The highest BCUT2D eigenvalue weighted by atomic mass is 16.8. The number of carbonyl (C=O) groups is 2. The van der Waals surface area contributed by atoms with Crippen LogP contribution >= 0.6 is 0 Å². The molecule has 0 bridgehead atoms. The minimum atomic E-state index is -2.58. The summed E-state index contributed by atoms with van der Waals surface area (Å²) in [6.07, 6.45) is 1.78. The third-order valence-corrected chi connectivity index (χ3v) is 3.41. The number of aliphatic hydroxyl groups is 2. The molecule has 0 aliphatic rings. The van der Waals surface area contributed by atoms with E-state index in [0.29, 0.717) is 19.3 Å². The SMILES string of the molecule is C=C(C)C(=O)OC(O)(CC(O)(CC)CCCC)OC(=O)C(=C)C. The molecule has 132 valence electrons. The predicted molar refractivity (Wildman–Crippen MR) is 86.1 cm³/mol. The third kappa shape index (κ3) is 7.43. The molecule has 0 saturated heterocycles. The molecular formula is C17H28O6. The summed E-state index contributed by atoms with van der Waals surface area (Å²) in [4.78, 5) is 23.4. The van der Waals surface area contributed by atoms with Crippen molar-refractivity contribution in [2.75, 3.05) is 0 Å². The molecule has 2 N–H and O–H groups in total. The standard InChI is InChI=1S/C17H28O6/c1-7-9-10-16(20,8-2)11-17(21,22-14(18)12(3)4)23-15(19)13(5)6/h20-21H,3,5,7-11H2,1-2,4,6H3. The Hall–Kier alpha value is -1.66. The molecule has 0 amide bonds. The van der Waals surface area contributed by atoms with Crippen molar-refractivity contribution in [3.8, 4) is 0 Å². The summed E-state index contributed by atoms with van der Waals surface area (Å²) in [5.41, 5.74) is -1.28. The molecule has 0 rings (SSSR count). The van der Waals surface area contributed by atoms with E-state index in [1.165, 1.54) is 13.8 Å². The van der Waals surface area contributed by atoms with Crippen molar-refractivity contribution in [2.45, 2.75) is 71.4 Å². The minimum Gasteiger partial charge on any atom is -0.394 e. The second-order valence-electron chi connectivity index (χ2n) is 5.91. The first-order valence-corrected chi connectivity index (χ1v) is 7.71. The van der Waals surface area contributed by atoms with Gasteiger partial charge in [0.15, 0.2) is 0 Å². The molecule has 0 aromatic heterocycles. The fourth-order valence-electron chi connectivity index (χ4n) is 1.87. The first-order valence-electron chi connectivity index (χ1n) is 7.71. The Labute approximate surface area is 137 Å². The first-order chi connectivity index (χ1) is 10.5. The highest BCUT2D eigenvalue weighted by Gasteiger charge is 2.44. The van der Waals surface area contributed by atoms with Crippen LogP contribution in [0.25, 0.3) is 0 Å². The van der Waals surface area contributed by atoms with Gasteiger partial charge in [-0.05, 0) is 26.7 Å². The molecule has 0 aromatic rings. The molecule has 0 radical (unpaired) electrons. The van der Waals surface area contributed by atoms with E-state index < -0.39 is 29.9 Å². The van der Waals surface area contributed by atoms with Crippen LogP contribution in [0.15, 0.2) is 24.3 Å². The van der Waals surface area contributed by atoms with E-state index in [4.69, 9.17) is 9.47 Å². The smallest absolute Gasteiger partial charge is 0.376 e. The van der Waals surface area contributed by atoms with E-state index in [1.54, 1.807) is 6.92 Å². The third-order valence-electron chi connectivity index (χ3n) is 3.41. The maximum absolute atomic E-state index is 11.7. The lowest BCUT2D eigenvalue weighted by molar-refractivity contribution is -0.338. The average Bonchev–Trinajstić information content (AvgIpc) is 2.44. The van der Waals surface area contributed by atoms with Crippen LogP contribution in [-0.2, 0) is 19.1 Å². The van der Waals surface area contributed by atoms with Crippen LogP contribution in [-0.4, -0.2) is 33.7 Å². The fraction of sp³-hybridized carbons (Fsp3) is 0.647. The van der Waals surface area contributed by atoms with Gasteiger partial charge in [0.1, 0.15) is 0 Å². The number of hydrogen-bond acceptors (Lipinski definition) is 6. The second kappa shape index (κ2) is 8.84. The summed E-state index contributed by atoms with van der Waals surface area (Å²) in [5.74, 6) is -4.42. The van der Waals surface area contributed by atoms with Gasteiger partial charge >= 0.3 is 17.9 Å². The van der Waals surface area contributed by atoms with E-state index in [9.17, 15) is 19.8 Å². The van der Waals surface area contributed by atoms with Gasteiger partial charge in [0.2, 0.25) is 0 Å². The van der Waals surface area contributed by atoms with Gasteiger partial charge in [-0.2, -0.15) is 0 Å². The number of unbranched alkanes of at least 4 members (excludes halogenated alkanes) is 1. The van der Waals surface area contributed by atoms with Crippen molar-refractivity contribution in [2.24, 2.45) is 0 Å². The monoisotopic (exact) mass is 328 g/mol. The first kappa shape index (κ1) is 21.3. The number of ether oxygens (including phenoxy) is 2. The van der Waals surface area contributed by atoms with Crippen LogP contribution in [0, 0.1) is 0 Å². The molecule has 0 aliphatic carbocycles. The largest absolute Gasteiger partial charge is 0.394 e. The molecule has 0 aromatic carbocycles. The van der Waals surface area contributed by atoms with Gasteiger partial charge in [-0.3, -0.25) is 0 Å². The van der Waals surface area contributed by atoms with Crippen molar-refractivity contribution in [1.29, 1.82) is 0 Å². The lowest BCUT2D eigenvalue weighted by Crippen LogP contribution is -2.47. The molecule has 0 saturated carbocycles. The highest BCUT2D eigenvalue weighted by Crippen LogP contribution is 2.31. The molecule has 1 unspecified atom stereocenters. The molecule has 0 spiro atoms. The van der Waals surface area contributed by atoms with E-state index in [0.717, 1.165) is 6.42 Å². The average molecular weight is 328 g/mol. The molecule has 23 heavy (non-hydrogen) atoms. The molecular weight excluding hydrogens is 300 g/mol. The zero-order valence-electron chi connectivity index (χ0n) is 14.5. The van der Waals surface area contributed by atoms with Crippen LogP contribution < -0.4 is 0 Å². The predicted octanol–water partition coefficient (Wildman–Crippen LogP) is 2.59. The summed E-state index contributed by atoms with van der Waals surface area (Å²) in [7, 11) is 0. The van der Waals surface area contributed by atoms with Crippen LogP contribution in [0.1, 0.15) is 59.8 Å². The second-order valence-corrected chi connectivity index (χ2v) is 5.91. The Morgan fingerprint density at radius 2 is 1.43 bits per heavy atom. The summed E-state index contributed by atoms with van der Waals surface area (Å²) >= 11 is 0. The molecule has 0 aliphatic heterocycles. The minimum absolute atomic E-state index is 0.0309. The molecule has 0 heterocycles. The Balaban J connectivity index is 5.38. The van der Waals surface area contributed by atoms with Gasteiger partial charge in [-0.25, -0.2) is 9.59 Å². The van der Waals surface area contributed by atoms with Crippen molar-refractivity contribution < 1.29 is 29.3 Å². The van der Waals surface area contributed by atoms with Gasteiger partial charge in [-0.1, -0.05) is 39.8 Å². The lowest BCUT2D eigenvalue weighted by Gasteiger charge is -2.35. The van der Waals surface area contributed by atoms with E-state index in [-0.39, 0.29) is 11.1 Å². The zero-order valence-corrected chi connectivity index (χ0v) is 14.5. The summed E-state index contributed by atoms with van der Waals surface area (Å²) in [5, 5.41) is 21.1. The molecule has 1 atom stereocenters. The zero-order chi connectivity index (χ0) is 18.3. The Bertz CT molecular complexity index is 440. The quantitative estimate of drug-likeness (QED) is 0.364. The Kier molecular flexibility index (Phi) is 8.20. The topological polar surface area (TPSA) is 93.1 Å². The maximum Gasteiger partial charge on any atom is 0.376 e. The van der Waals surface area contributed by atoms with Crippen LogP contribution in [0.2, 0.25) is 0 Å². The maximum atomic E-state index is 11.7. The van der Waals surface area contributed by atoms with E-state index in [2.05, 4.69) is 13.2 Å². The number of rotatable bonds is 10. The number of hydrogen-bond donors (Lipinski definition) is 2. The van der Waals surface area contributed by atoms with Crippen molar-refractivity contribution in [3.63, 3.8) is 0 Å². The van der Waals surface area contributed by atoms with Crippen molar-refractivity contribution >= 4 is 11.9 Å². The summed E-state index contributed by atoms with van der Waals surface area (Å²) in [6, 6.07) is 0. The molecule has 6 heteroatoms. The van der Waals surface area contributed by atoms with Crippen molar-refractivity contribution in [3.05, 3.63) is 24.3 Å². The number of esters is 2. The summed E-state index contributed by atoms with van der Waals surface area (Å²) in [6.45, 7) is 13.3. The van der Waals surface area contributed by atoms with Gasteiger partial charge in [-0.15, -0.1) is 0 Å². The van der Waals surface area contributed by atoms with Crippen LogP contribution in [0.5, 0.6) is 0 Å². The van der Waals surface area contributed by atoms with Crippen LogP contribution in [0.4, 0.5) is 0 Å². The normalized spacial score (nSPS) is 13.8. The van der Waals surface area contributed by atoms with Gasteiger partial charge in [0, 0.05) is 11.1 Å². The lowest BCUT2D eigenvalue weighted by atomic mass is 9.89. The van der Waals surface area contributed by atoms with Gasteiger partial charge < -0.3 is 19.7 Å². The Morgan fingerprint density at radius 1 is 1.00 bits per heavy atom. The van der Waals surface area contributed by atoms with E-state index in [1.807, 2.05) is 6.92 Å². The Morgan fingerprint density at radius 3 is 1.74 bits per heavy atom. The molecule has 0 fully saturated rings. The van der Waals surface area contributed by atoms with Gasteiger partial charge in [0.25, 0.3) is 0 Å². The molecule has 6 nitrogen and oxygen atoms in total. The van der Waals surface area contributed by atoms with E-state index >= 15 is 0 Å². The summed E-state index contributed by atoms with van der Waals surface area (Å²) < 4.78 is 9.74. The highest BCUT2D eigenvalue weighted by molar-refractivity contribution is 5.88. The van der Waals surface area contributed by atoms with Crippen molar-refractivity contribution in [1.82, 2.24) is 0 Å². The fourth-order valence-corrected chi connectivity index (χ4v) is 1.87.